The van der Waals surface area contributed by atoms with E-state index in [0.717, 1.165) is 61.4 Å². The number of nitrogens with one attached hydrogen (secondary N) is 2. The van der Waals surface area contributed by atoms with Crippen LogP contribution in [0.3, 0.4) is 0 Å². The summed E-state index contributed by atoms with van der Waals surface area (Å²) in [5.74, 6) is 1.92. The van der Waals surface area contributed by atoms with Gasteiger partial charge in [0.2, 0.25) is 0 Å². The van der Waals surface area contributed by atoms with Crippen molar-refractivity contribution < 1.29 is 18.6 Å². The second-order valence-electron chi connectivity index (χ2n) is 7.63. The lowest BCUT2D eigenvalue weighted by Gasteiger charge is -2.26. The summed E-state index contributed by atoms with van der Waals surface area (Å²) >= 11 is 0. The first-order valence-electron chi connectivity index (χ1n) is 10.6. The van der Waals surface area contributed by atoms with Crippen LogP contribution in [0.5, 0.6) is 11.5 Å². The summed E-state index contributed by atoms with van der Waals surface area (Å²) < 4.78 is 30.6. The van der Waals surface area contributed by atoms with Crippen molar-refractivity contribution in [3.63, 3.8) is 0 Å². The molecule has 0 aliphatic carbocycles. The standard InChI is InChI=1S/C23H29FN4O3/c1-16-12-17(4-5-19(16)24)27-23-18-13-22(21(29-2)14-20(18)25-15-26-23)31-9-3-6-28-7-10-30-11-8-28/h4-5,12-14,26-27H,3,6-11,15H2,1-2H3. The first kappa shape index (κ1) is 21.4. The molecule has 166 valence electrons. The Morgan fingerprint density at radius 1 is 1.19 bits per heavy atom. The molecule has 0 bridgehead atoms. The Morgan fingerprint density at radius 2 is 2.03 bits per heavy atom. The largest absolute Gasteiger partial charge is 0.493 e. The van der Waals surface area contributed by atoms with Gasteiger partial charge in [0, 0.05) is 36.6 Å². The van der Waals surface area contributed by atoms with Gasteiger partial charge in [-0.2, -0.15) is 0 Å². The Balaban J connectivity index is 1.52. The lowest BCUT2D eigenvalue weighted by Crippen LogP contribution is -2.40. The number of morpholine rings is 1. The molecule has 2 heterocycles. The minimum absolute atomic E-state index is 0.222. The Morgan fingerprint density at radius 3 is 2.81 bits per heavy atom. The molecule has 2 N–H and O–H groups in total. The van der Waals surface area contributed by atoms with Gasteiger partial charge < -0.3 is 24.8 Å². The number of fused-ring (bicyclic) bond motifs is 1. The van der Waals surface area contributed by atoms with Crippen molar-refractivity contribution in [3.8, 4) is 11.5 Å². The number of nitrogens with zero attached hydrogens (tertiary/aromatic N) is 2. The quantitative estimate of drug-likeness (QED) is 0.623. The number of hydrogen-bond acceptors (Lipinski definition) is 7. The normalized spacial score (nSPS) is 16.2. The fraction of sp³-hybridized carbons (Fsp3) is 0.435. The summed E-state index contributed by atoms with van der Waals surface area (Å²) in [6.07, 6.45) is 0.923. The SMILES string of the molecule is COc1cc2c(cc1OCCCN1CCOCC1)=C(Nc1ccc(F)c(C)c1)NCN=2. The van der Waals surface area contributed by atoms with E-state index in [0.29, 0.717) is 30.3 Å². The van der Waals surface area contributed by atoms with Gasteiger partial charge >= 0.3 is 0 Å². The molecule has 2 aromatic rings. The Hall–Kier alpha value is -2.84. The third-order valence-electron chi connectivity index (χ3n) is 5.46. The Kier molecular flexibility index (Phi) is 6.89. The number of aryl methyl sites for hydroxylation is 1. The van der Waals surface area contributed by atoms with E-state index >= 15 is 0 Å². The number of benzene rings is 2. The topological polar surface area (TPSA) is 67.3 Å². The molecule has 8 heteroatoms. The Bertz CT molecular complexity index is 1040. The van der Waals surface area contributed by atoms with Gasteiger partial charge in [0.15, 0.2) is 11.5 Å². The molecule has 0 aromatic heterocycles. The number of ether oxygens (including phenoxy) is 3. The van der Waals surface area contributed by atoms with Crippen LogP contribution in [0.15, 0.2) is 35.3 Å². The predicted molar refractivity (Wildman–Crippen MR) is 117 cm³/mol. The van der Waals surface area contributed by atoms with E-state index in [-0.39, 0.29) is 5.82 Å². The summed E-state index contributed by atoms with van der Waals surface area (Å²) in [7, 11) is 1.63. The summed E-state index contributed by atoms with van der Waals surface area (Å²) in [4.78, 5) is 6.93. The van der Waals surface area contributed by atoms with Crippen molar-refractivity contribution in [2.45, 2.75) is 13.3 Å². The van der Waals surface area contributed by atoms with E-state index in [4.69, 9.17) is 14.2 Å². The first-order valence-corrected chi connectivity index (χ1v) is 10.6. The molecule has 1 fully saturated rings. The van der Waals surface area contributed by atoms with E-state index in [1.807, 2.05) is 12.1 Å². The van der Waals surface area contributed by atoms with Gasteiger partial charge in [-0.15, -0.1) is 0 Å². The molecule has 31 heavy (non-hydrogen) atoms. The zero-order valence-electron chi connectivity index (χ0n) is 18.0. The zero-order chi connectivity index (χ0) is 21.6. The van der Waals surface area contributed by atoms with Crippen molar-refractivity contribution >= 4 is 11.5 Å². The minimum Gasteiger partial charge on any atom is -0.493 e. The van der Waals surface area contributed by atoms with Gasteiger partial charge in [-0.3, -0.25) is 9.89 Å². The Labute approximate surface area is 181 Å². The van der Waals surface area contributed by atoms with Crippen LogP contribution < -0.4 is 30.7 Å². The van der Waals surface area contributed by atoms with Crippen LogP contribution >= 0.6 is 0 Å². The van der Waals surface area contributed by atoms with Gasteiger partial charge in [0.1, 0.15) is 18.3 Å². The monoisotopic (exact) mass is 428 g/mol. The summed E-state index contributed by atoms with van der Waals surface area (Å²) in [6, 6.07) is 8.79. The number of halogens is 1. The summed E-state index contributed by atoms with van der Waals surface area (Å²) in [5.41, 5.74) is 1.39. The van der Waals surface area contributed by atoms with Gasteiger partial charge in [-0.05, 0) is 43.2 Å². The van der Waals surface area contributed by atoms with Crippen LogP contribution in [0.25, 0.3) is 5.82 Å². The fourth-order valence-corrected chi connectivity index (χ4v) is 3.72. The third-order valence-corrected chi connectivity index (χ3v) is 5.46. The van der Waals surface area contributed by atoms with Gasteiger partial charge in [0.25, 0.3) is 0 Å². The van der Waals surface area contributed by atoms with Crippen LogP contribution in [0.2, 0.25) is 0 Å². The molecule has 0 saturated carbocycles. The number of methoxy groups -OCH3 is 1. The second-order valence-corrected chi connectivity index (χ2v) is 7.63. The van der Waals surface area contributed by atoms with Gasteiger partial charge in [0.05, 0.1) is 32.3 Å². The van der Waals surface area contributed by atoms with Gasteiger partial charge in [-0.1, -0.05) is 0 Å². The van der Waals surface area contributed by atoms with Gasteiger partial charge in [-0.25, -0.2) is 4.39 Å². The maximum absolute atomic E-state index is 13.6. The molecule has 2 aliphatic rings. The second kappa shape index (κ2) is 9.98. The van der Waals surface area contributed by atoms with E-state index in [1.165, 1.54) is 6.07 Å². The van der Waals surface area contributed by atoms with Crippen molar-refractivity contribution in [2.75, 3.05) is 58.6 Å². The van der Waals surface area contributed by atoms with Crippen LogP contribution in [-0.4, -0.2) is 58.1 Å². The van der Waals surface area contributed by atoms with Crippen molar-refractivity contribution in [3.05, 3.63) is 52.3 Å². The maximum Gasteiger partial charge on any atom is 0.162 e. The minimum atomic E-state index is -0.222. The van der Waals surface area contributed by atoms with E-state index in [9.17, 15) is 4.39 Å². The predicted octanol–water partition coefficient (Wildman–Crippen LogP) is 1.60. The van der Waals surface area contributed by atoms with E-state index in [2.05, 4.69) is 20.5 Å². The number of hydrogen-bond donors (Lipinski definition) is 2. The molecule has 4 rings (SSSR count). The van der Waals surface area contributed by atoms with Crippen LogP contribution in [-0.2, 0) is 4.74 Å². The van der Waals surface area contributed by atoms with Crippen LogP contribution in [0.1, 0.15) is 12.0 Å². The average molecular weight is 429 g/mol. The van der Waals surface area contributed by atoms with Crippen molar-refractivity contribution in [1.29, 1.82) is 0 Å². The number of anilines is 1. The molecule has 2 aromatic carbocycles. The molecular formula is C23H29FN4O3. The van der Waals surface area contributed by atoms with Crippen LogP contribution in [0, 0.1) is 12.7 Å². The maximum atomic E-state index is 13.6. The van der Waals surface area contributed by atoms with Crippen molar-refractivity contribution in [2.24, 2.45) is 4.99 Å². The fourth-order valence-electron chi connectivity index (χ4n) is 3.72. The zero-order valence-corrected chi connectivity index (χ0v) is 18.0. The lowest BCUT2D eigenvalue weighted by atomic mass is 10.2. The molecule has 2 aliphatic heterocycles. The summed E-state index contributed by atoms with van der Waals surface area (Å²) in [6.45, 7) is 7.32. The molecule has 0 unspecified atom stereocenters. The molecule has 0 spiro atoms. The molecule has 7 nitrogen and oxygen atoms in total. The lowest BCUT2D eigenvalue weighted by molar-refractivity contribution is 0.0357. The highest BCUT2D eigenvalue weighted by Gasteiger charge is 2.13. The smallest absolute Gasteiger partial charge is 0.162 e. The number of rotatable bonds is 8. The molecule has 1 saturated heterocycles. The summed E-state index contributed by atoms with van der Waals surface area (Å²) in [5, 5.41) is 8.31. The van der Waals surface area contributed by atoms with E-state index in [1.54, 1.807) is 26.2 Å². The average Bonchev–Trinajstić information content (AvgIpc) is 2.79. The molecule has 0 radical (unpaired) electrons. The highest BCUT2D eigenvalue weighted by atomic mass is 19.1. The van der Waals surface area contributed by atoms with Crippen LogP contribution in [0.4, 0.5) is 10.1 Å². The third kappa shape index (κ3) is 5.26. The van der Waals surface area contributed by atoms with E-state index < -0.39 is 0 Å². The molecule has 0 amide bonds. The highest BCUT2D eigenvalue weighted by Crippen LogP contribution is 2.23. The first-order chi connectivity index (χ1) is 15.1. The highest BCUT2D eigenvalue weighted by molar-refractivity contribution is 5.65. The van der Waals surface area contributed by atoms with Crippen molar-refractivity contribution in [1.82, 2.24) is 10.2 Å². The molecule has 0 atom stereocenters. The molecular weight excluding hydrogens is 399 g/mol.